The van der Waals surface area contributed by atoms with E-state index in [2.05, 4.69) is 11.9 Å². The lowest BCUT2D eigenvalue weighted by Crippen LogP contribution is -2.40. The molecule has 0 N–H and O–H groups in total. The molecule has 188 valence electrons. The zero-order valence-corrected chi connectivity index (χ0v) is 22.4. The van der Waals surface area contributed by atoms with Gasteiger partial charge in [-0.2, -0.15) is 0 Å². The van der Waals surface area contributed by atoms with Gasteiger partial charge in [0.15, 0.2) is 4.80 Å². The molecule has 1 atom stereocenters. The highest BCUT2D eigenvalue weighted by atomic mass is 35.5. The number of nitrogens with zero attached hydrogens (tertiary/aromatic N) is 2. The number of halogens is 1. The number of aromatic nitrogens is 1. The summed E-state index contributed by atoms with van der Waals surface area (Å²) >= 11 is 7.41. The fourth-order valence-corrected chi connectivity index (χ4v) is 5.14. The van der Waals surface area contributed by atoms with Crippen molar-refractivity contribution in [2.75, 3.05) is 6.61 Å². The summed E-state index contributed by atoms with van der Waals surface area (Å²) < 4.78 is 13.4. The maximum absolute atomic E-state index is 13.7. The van der Waals surface area contributed by atoms with Crippen LogP contribution in [0.2, 0.25) is 5.02 Å². The highest BCUT2D eigenvalue weighted by molar-refractivity contribution is 7.07. The van der Waals surface area contributed by atoms with E-state index in [0.717, 1.165) is 29.7 Å². The average Bonchev–Trinajstić information content (AvgIpc) is 3.14. The first-order valence-corrected chi connectivity index (χ1v) is 13.2. The number of rotatable bonds is 8. The van der Waals surface area contributed by atoms with Crippen molar-refractivity contribution >= 4 is 35.0 Å². The Hall–Kier alpha value is -3.16. The first-order chi connectivity index (χ1) is 17.3. The highest BCUT2D eigenvalue weighted by Gasteiger charge is 2.33. The van der Waals surface area contributed by atoms with Crippen molar-refractivity contribution in [2.45, 2.75) is 52.7 Å². The van der Waals surface area contributed by atoms with E-state index in [9.17, 15) is 9.59 Å². The molecule has 1 aliphatic rings. The first-order valence-electron chi connectivity index (χ1n) is 12.0. The van der Waals surface area contributed by atoms with Gasteiger partial charge >= 0.3 is 5.97 Å². The normalized spacial score (nSPS) is 15.6. The molecule has 0 radical (unpaired) electrons. The van der Waals surface area contributed by atoms with Crippen LogP contribution in [0, 0.1) is 0 Å². The van der Waals surface area contributed by atoms with E-state index in [0.29, 0.717) is 32.2 Å². The minimum atomic E-state index is -0.666. The van der Waals surface area contributed by atoms with E-state index in [1.807, 2.05) is 42.5 Å². The number of hydrogen-bond donors (Lipinski definition) is 0. The third kappa shape index (κ3) is 5.63. The zero-order valence-electron chi connectivity index (χ0n) is 20.8. The maximum atomic E-state index is 13.7. The molecular weight excluding hydrogens is 496 g/mol. The number of hydrogen-bond acceptors (Lipinski definition) is 6. The minimum Gasteiger partial charge on any atom is -0.494 e. The van der Waals surface area contributed by atoms with Crippen LogP contribution in [0.3, 0.4) is 0 Å². The predicted molar refractivity (Wildman–Crippen MR) is 143 cm³/mol. The van der Waals surface area contributed by atoms with Crippen molar-refractivity contribution in [1.29, 1.82) is 0 Å². The van der Waals surface area contributed by atoms with E-state index in [1.54, 1.807) is 37.5 Å². The van der Waals surface area contributed by atoms with Crippen LogP contribution in [-0.4, -0.2) is 23.2 Å². The van der Waals surface area contributed by atoms with Crippen molar-refractivity contribution in [3.8, 4) is 5.75 Å². The predicted octanol–water partition coefficient (Wildman–Crippen LogP) is 5.02. The molecular formula is C28H29ClN2O4S. The first kappa shape index (κ1) is 25.9. The van der Waals surface area contributed by atoms with Crippen molar-refractivity contribution in [1.82, 2.24) is 4.57 Å². The smallest absolute Gasteiger partial charge is 0.338 e. The Morgan fingerprint density at radius 2 is 1.86 bits per heavy atom. The Morgan fingerprint density at radius 3 is 2.50 bits per heavy atom. The van der Waals surface area contributed by atoms with Gasteiger partial charge in [-0.05, 0) is 68.7 Å². The number of fused-ring (bicyclic) bond motifs is 1. The van der Waals surface area contributed by atoms with Gasteiger partial charge in [0, 0.05) is 5.02 Å². The number of esters is 1. The maximum Gasteiger partial charge on any atom is 0.338 e. The molecule has 8 heteroatoms. The number of thiazole rings is 1. The van der Waals surface area contributed by atoms with E-state index < -0.39 is 12.0 Å². The lowest BCUT2D eigenvalue weighted by Gasteiger charge is -2.25. The number of unbranched alkanes of at least 4 members (excludes halogenated alkanes) is 1. The Kier molecular flexibility index (Phi) is 8.11. The van der Waals surface area contributed by atoms with Gasteiger partial charge < -0.3 is 9.47 Å². The van der Waals surface area contributed by atoms with Crippen LogP contribution < -0.4 is 19.6 Å². The number of benzene rings is 2. The molecule has 2 aromatic carbocycles. The van der Waals surface area contributed by atoms with E-state index in [1.165, 1.54) is 11.3 Å². The zero-order chi connectivity index (χ0) is 25.8. The van der Waals surface area contributed by atoms with E-state index in [-0.39, 0.29) is 11.7 Å². The molecule has 0 saturated heterocycles. The van der Waals surface area contributed by atoms with Crippen LogP contribution >= 0.6 is 22.9 Å². The quantitative estimate of drug-likeness (QED) is 0.306. The Bertz CT molecular complexity index is 1450. The molecule has 3 aromatic rings. The summed E-state index contributed by atoms with van der Waals surface area (Å²) in [5.41, 5.74) is 2.29. The Morgan fingerprint density at radius 1 is 1.17 bits per heavy atom. The molecule has 0 amide bonds. The van der Waals surface area contributed by atoms with Crippen LogP contribution in [0.4, 0.5) is 0 Å². The monoisotopic (exact) mass is 524 g/mol. The number of carbonyl (C=O) groups is 1. The highest BCUT2D eigenvalue weighted by Crippen LogP contribution is 2.31. The molecule has 1 unspecified atom stereocenters. The van der Waals surface area contributed by atoms with Gasteiger partial charge in [0.05, 0.1) is 34.6 Å². The summed E-state index contributed by atoms with van der Waals surface area (Å²) in [6, 6.07) is 14.1. The van der Waals surface area contributed by atoms with Crippen LogP contribution in [0.1, 0.15) is 57.7 Å². The summed E-state index contributed by atoms with van der Waals surface area (Å²) in [5.74, 6) is 0.313. The molecule has 0 bridgehead atoms. The average molecular weight is 525 g/mol. The molecule has 6 nitrogen and oxygen atoms in total. The molecule has 0 fully saturated rings. The van der Waals surface area contributed by atoms with Gasteiger partial charge in [0.1, 0.15) is 5.75 Å². The summed E-state index contributed by atoms with van der Waals surface area (Å²) in [6.07, 6.45) is 3.61. The van der Waals surface area contributed by atoms with Gasteiger partial charge in [0.2, 0.25) is 0 Å². The molecule has 0 spiro atoms. The molecule has 4 rings (SSSR count). The standard InChI is InChI=1S/C28H29ClN2O4S/c1-5-6-15-34-22-13-7-19(8-14-22)16-23-26(32)31-25(20-9-11-21(29)12-10-20)24(27(33)35-17(2)3)18(4)30-28(31)36-23/h7-14,16-17,25H,5-6,15H2,1-4H3. The molecule has 36 heavy (non-hydrogen) atoms. The van der Waals surface area contributed by atoms with Crippen molar-refractivity contribution < 1.29 is 14.3 Å². The lowest BCUT2D eigenvalue weighted by atomic mass is 9.96. The fraction of sp³-hybridized carbons (Fsp3) is 0.321. The van der Waals surface area contributed by atoms with Crippen LogP contribution in [-0.2, 0) is 9.53 Å². The summed E-state index contributed by atoms with van der Waals surface area (Å²) in [4.78, 5) is 31.9. The topological polar surface area (TPSA) is 69.9 Å². The minimum absolute atomic E-state index is 0.218. The fourth-order valence-electron chi connectivity index (χ4n) is 3.97. The van der Waals surface area contributed by atoms with Crippen LogP contribution in [0.25, 0.3) is 6.08 Å². The van der Waals surface area contributed by atoms with Crippen molar-refractivity contribution in [3.63, 3.8) is 0 Å². The third-order valence-electron chi connectivity index (χ3n) is 5.71. The second-order valence-corrected chi connectivity index (χ2v) is 10.3. The van der Waals surface area contributed by atoms with Crippen molar-refractivity contribution in [3.05, 3.63) is 95.6 Å². The van der Waals surface area contributed by atoms with Gasteiger partial charge in [-0.3, -0.25) is 9.36 Å². The van der Waals surface area contributed by atoms with Gasteiger partial charge in [-0.25, -0.2) is 9.79 Å². The third-order valence-corrected chi connectivity index (χ3v) is 6.95. The van der Waals surface area contributed by atoms with Gasteiger partial charge in [-0.15, -0.1) is 0 Å². The number of allylic oxidation sites excluding steroid dienone is 1. The van der Waals surface area contributed by atoms with Crippen LogP contribution in [0.15, 0.2) is 69.6 Å². The number of ether oxygens (including phenoxy) is 2. The van der Waals surface area contributed by atoms with E-state index >= 15 is 0 Å². The Labute approximate surface area is 219 Å². The number of carbonyl (C=O) groups excluding carboxylic acids is 1. The molecule has 1 aromatic heterocycles. The molecule has 1 aliphatic heterocycles. The van der Waals surface area contributed by atoms with Gasteiger partial charge in [-0.1, -0.05) is 60.5 Å². The molecule has 0 saturated carbocycles. The SMILES string of the molecule is CCCCOc1ccc(C=c2sc3n(c2=O)C(c2ccc(Cl)cc2)C(C(=O)OC(C)C)=C(C)N=3)cc1. The molecule has 2 heterocycles. The summed E-state index contributed by atoms with van der Waals surface area (Å²) in [6.45, 7) is 8.16. The second-order valence-electron chi connectivity index (χ2n) is 8.86. The summed E-state index contributed by atoms with van der Waals surface area (Å²) in [5, 5.41) is 0.570. The second kappa shape index (κ2) is 11.3. The van der Waals surface area contributed by atoms with Crippen LogP contribution in [0.5, 0.6) is 5.75 Å². The molecule has 0 aliphatic carbocycles. The van der Waals surface area contributed by atoms with E-state index in [4.69, 9.17) is 21.1 Å². The summed E-state index contributed by atoms with van der Waals surface area (Å²) in [7, 11) is 0. The van der Waals surface area contributed by atoms with Gasteiger partial charge in [0.25, 0.3) is 5.56 Å². The lowest BCUT2D eigenvalue weighted by molar-refractivity contribution is -0.143. The van der Waals surface area contributed by atoms with Crippen molar-refractivity contribution in [2.24, 2.45) is 4.99 Å². The largest absolute Gasteiger partial charge is 0.494 e. The Balaban J connectivity index is 1.79.